The first-order valence-electron chi connectivity index (χ1n) is 6.10. The van der Waals surface area contributed by atoms with E-state index in [1.54, 1.807) is 11.3 Å². The molecule has 1 fully saturated rings. The Morgan fingerprint density at radius 3 is 2.88 bits per heavy atom. The van der Waals surface area contributed by atoms with Crippen molar-refractivity contribution in [1.82, 2.24) is 15.5 Å². The van der Waals surface area contributed by atoms with E-state index in [4.69, 9.17) is 0 Å². The van der Waals surface area contributed by atoms with Gasteiger partial charge in [-0.3, -0.25) is 0 Å². The van der Waals surface area contributed by atoms with Crippen LogP contribution in [0.2, 0.25) is 0 Å². The maximum atomic E-state index is 4.24. The van der Waals surface area contributed by atoms with Crippen molar-refractivity contribution in [3.05, 3.63) is 0 Å². The number of hydrogen-bond acceptors (Lipinski definition) is 6. The second-order valence-corrected chi connectivity index (χ2v) is 7.06. The lowest BCUT2D eigenvalue weighted by atomic mass is 10.2. The van der Waals surface area contributed by atoms with Gasteiger partial charge in [0.1, 0.15) is 0 Å². The highest BCUT2D eigenvalue weighted by Crippen LogP contribution is 2.37. The number of thioether (sulfide) groups is 1. The zero-order valence-corrected chi connectivity index (χ0v) is 12.3. The largest absolute Gasteiger partial charge is 0.353 e. The molecule has 0 spiro atoms. The molecule has 2 rings (SSSR count). The Balaban J connectivity index is 1.85. The second-order valence-electron chi connectivity index (χ2n) is 4.55. The van der Waals surface area contributed by atoms with E-state index >= 15 is 0 Å². The van der Waals surface area contributed by atoms with Crippen molar-refractivity contribution in [2.75, 3.05) is 25.5 Å². The molecule has 96 valence electrons. The van der Waals surface area contributed by atoms with E-state index in [-0.39, 0.29) is 0 Å². The van der Waals surface area contributed by atoms with Crippen LogP contribution in [-0.4, -0.2) is 42.1 Å². The smallest absolute Gasteiger partial charge is 0.208 e. The van der Waals surface area contributed by atoms with Crippen LogP contribution in [0.4, 0.5) is 5.13 Å². The predicted molar refractivity (Wildman–Crippen MR) is 75.2 cm³/mol. The molecule has 1 aromatic heterocycles. The summed E-state index contributed by atoms with van der Waals surface area (Å²) in [5.41, 5.74) is 0. The minimum atomic E-state index is 0.707. The topological polar surface area (TPSA) is 41.1 Å². The van der Waals surface area contributed by atoms with E-state index in [9.17, 15) is 0 Å². The molecule has 0 amide bonds. The lowest BCUT2D eigenvalue weighted by molar-refractivity contribution is 0.543. The lowest BCUT2D eigenvalue weighted by Crippen LogP contribution is -2.26. The molecule has 1 heterocycles. The number of nitrogens with zero attached hydrogens (tertiary/aromatic N) is 3. The van der Waals surface area contributed by atoms with Crippen molar-refractivity contribution in [2.45, 2.75) is 41.8 Å². The monoisotopic (exact) mass is 272 g/mol. The van der Waals surface area contributed by atoms with Gasteiger partial charge < -0.3 is 10.2 Å². The van der Waals surface area contributed by atoms with Crippen LogP contribution < -0.4 is 10.2 Å². The zero-order valence-electron chi connectivity index (χ0n) is 10.6. The number of aromatic nitrogens is 2. The van der Waals surface area contributed by atoms with Gasteiger partial charge in [-0.1, -0.05) is 30.0 Å². The van der Waals surface area contributed by atoms with Crippen LogP contribution in [0.5, 0.6) is 0 Å². The van der Waals surface area contributed by atoms with E-state index in [2.05, 4.69) is 22.4 Å². The Kier molecular flexibility index (Phi) is 4.64. The number of anilines is 1. The van der Waals surface area contributed by atoms with Crippen LogP contribution >= 0.6 is 23.1 Å². The normalized spacial score (nSPS) is 24.2. The highest BCUT2D eigenvalue weighted by Gasteiger charge is 2.25. The Morgan fingerprint density at radius 2 is 2.24 bits per heavy atom. The van der Waals surface area contributed by atoms with Gasteiger partial charge in [-0.15, -0.1) is 10.2 Å². The first-order chi connectivity index (χ1) is 8.19. The molecule has 0 bridgehead atoms. The van der Waals surface area contributed by atoms with Crippen molar-refractivity contribution in [1.29, 1.82) is 0 Å². The van der Waals surface area contributed by atoms with Crippen molar-refractivity contribution < 1.29 is 0 Å². The van der Waals surface area contributed by atoms with Crippen LogP contribution in [-0.2, 0) is 0 Å². The van der Waals surface area contributed by atoms with Crippen LogP contribution in [0.15, 0.2) is 4.34 Å². The fraction of sp³-hybridized carbons (Fsp3) is 0.818. The molecule has 2 atom stereocenters. The molecule has 4 nitrogen and oxygen atoms in total. The zero-order chi connectivity index (χ0) is 12.3. The SMILES string of the molecule is CCNC1CCC(Sc2nnc(N(C)C)s2)C1. The van der Waals surface area contributed by atoms with E-state index in [0.29, 0.717) is 11.3 Å². The minimum Gasteiger partial charge on any atom is -0.353 e. The highest BCUT2D eigenvalue weighted by atomic mass is 32.2. The summed E-state index contributed by atoms with van der Waals surface area (Å²) in [6.45, 7) is 3.25. The Morgan fingerprint density at radius 1 is 1.41 bits per heavy atom. The third-order valence-electron chi connectivity index (χ3n) is 2.92. The van der Waals surface area contributed by atoms with Gasteiger partial charge in [0.2, 0.25) is 5.13 Å². The molecular formula is C11H20N4S2. The lowest BCUT2D eigenvalue weighted by Gasteiger charge is -2.10. The summed E-state index contributed by atoms with van der Waals surface area (Å²) in [6, 6.07) is 0.707. The second kappa shape index (κ2) is 6.02. The van der Waals surface area contributed by atoms with Gasteiger partial charge in [-0.25, -0.2) is 0 Å². The summed E-state index contributed by atoms with van der Waals surface area (Å²) in [7, 11) is 4.01. The van der Waals surface area contributed by atoms with Gasteiger partial charge in [-0.2, -0.15) is 0 Å². The molecular weight excluding hydrogens is 252 g/mol. The number of hydrogen-bond donors (Lipinski definition) is 1. The molecule has 1 aromatic rings. The van der Waals surface area contributed by atoms with Crippen molar-refractivity contribution >= 4 is 28.2 Å². The molecule has 1 aliphatic rings. The van der Waals surface area contributed by atoms with Gasteiger partial charge in [0.25, 0.3) is 0 Å². The first-order valence-corrected chi connectivity index (χ1v) is 7.79. The summed E-state index contributed by atoms with van der Waals surface area (Å²) in [5.74, 6) is 0. The minimum absolute atomic E-state index is 0.707. The molecule has 0 saturated heterocycles. The van der Waals surface area contributed by atoms with Gasteiger partial charge in [-0.05, 0) is 25.8 Å². The van der Waals surface area contributed by atoms with E-state index in [1.807, 2.05) is 30.8 Å². The third-order valence-corrected chi connectivity index (χ3v) is 5.39. The fourth-order valence-electron chi connectivity index (χ4n) is 2.09. The molecule has 2 unspecified atom stereocenters. The summed E-state index contributed by atoms with van der Waals surface area (Å²) in [5, 5.41) is 13.6. The van der Waals surface area contributed by atoms with Crippen LogP contribution in [0, 0.1) is 0 Å². The third kappa shape index (κ3) is 3.56. The predicted octanol–water partition coefficient (Wildman–Crippen LogP) is 2.23. The summed E-state index contributed by atoms with van der Waals surface area (Å²) in [4.78, 5) is 2.01. The van der Waals surface area contributed by atoms with Gasteiger partial charge in [0.05, 0.1) is 0 Å². The molecule has 6 heteroatoms. The Bertz CT molecular complexity index is 353. The fourth-order valence-corrected chi connectivity index (χ4v) is 4.38. The summed E-state index contributed by atoms with van der Waals surface area (Å²) in [6.07, 6.45) is 3.85. The van der Waals surface area contributed by atoms with E-state index < -0.39 is 0 Å². The Labute approximate surface area is 111 Å². The standard InChI is InChI=1S/C11H20N4S2/c1-4-12-8-5-6-9(7-8)16-11-14-13-10(17-11)15(2)3/h8-9,12H,4-7H2,1-3H3. The van der Waals surface area contributed by atoms with Crippen molar-refractivity contribution in [3.63, 3.8) is 0 Å². The molecule has 0 aliphatic heterocycles. The molecule has 1 aliphatic carbocycles. The molecule has 1 saturated carbocycles. The van der Waals surface area contributed by atoms with Crippen molar-refractivity contribution in [2.24, 2.45) is 0 Å². The Hall–Kier alpha value is -0.330. The molecule has 0 radical (unpaired) electrons. The van der Waals surface area contributed by atoms with Gasteiger partial charge in [0.15, 0.2) is 4.34 Å². The summed E-state index contributed by atoms with van der Waals surface area (Å²) < 4.78 is 1.11. The van der Waals surface area contributed by atoms with E-state index in [1.165, 1.54) is 19.3 Å². The van der Waals surface area contributed by atoms with Crippen LogP contribution in [0.3, 0.4) is 0 Å². The summed E-state index contributed by atoms with van der Waals surface area (Å²) >= 11 is 3.59. The highest BCUT2D eigenvalue weighted by molar-refractivity contribution is 8.01. The van der Waals surface area contributed by atoms with Gasteiger partial charge >= 0.3 is 0 Å². The molecule has 0 aromatic carbocycles. The van der Waals surface area contributed by atoms with E-state index in [0.717, 1.165) is 16.0 Å². The average molecular weight is 272 g/mol. The van der Waals surface area contributed by atoms with Crippen LogP contribution in [0.1, 0.15) is 26.2 Å². The number of nitrogens with one attached hydrogen (secondary N) is 1. The first kappa shape index (κ1) is 13.1. The maximum Gasteiger partial charge on any atom is 0.208 e. The quantitative estimate of drug-likeness (QED) is 0.890. The molecule has 1 N–H and O–H groups in total. The number of rotatable bonds is 5. The average Bonchev–Trinajstić information content (AvgIpc) is 2.89. The van der Waals surface area contributed by atoms with Gasteiger partial charge in [0, 0.05) is 25.4 Å². The van der Waals surface area contributed by atoms with Crippen LogP contribution in [0.25, 0.3) is 0 Å². The maximum absolute atomic E-state index is 4.24. The molecule has 17 heavy (non-hydrogen) atoms. The van der Waals surface area contributed by atoms with Crippen molar-refractivity contribution in [3.8, 4) is 0 Å².